The van der Waals surface area contributed by atoms with Crippen molar-refractivity contribution in [2.75, 3.05) is 4.90 Å². The molecule has 0 saturated carbocycles. The Labute approximate surface area is 362 Å². The van der Waals surface area contributed by atoms with Crippen LogP contribution in [0.2, 0.25) is 0 Å². The molecule has 9 aromatic rings. The topological polar surface area (TPSA) is 3.24 Å². The summed E-state index contributed by atoms with van der Waals surface area (Å²) in [6.45, 7) is 2.43. The summed E-state index contributed by atoms with van der Waals surface area (Å²) in [4.78, 5) is 2.50. The first-order valence-corrected chi connectivity index (χ1v) is 21.9. The first kappa shape index (κ1) is 36.8. The van der Waals surface area contributed by atoms with Crippen molar-refractivity contribution in [2.24, 2.45) is 5.41 Å². The Morgan fingerprint density at radius 1 is 0.459 bits per heavy atom. The van der Waals surface area contributed by atoms with Crippen LogP contribution in [-0.2, 0) is 0 Å². The lowest BCUT2D eigenvalue weighted by atomic mass is 9.59. The average molecular weight is 798 g/mol. The third-order valence-corrected chi connectivity index (χ3v) is 14.0. The van der Waals surface area contributed by atoms with Gasteiger partial charge in [-0.2, -0.15) is 0 Å². The summed E-state index contributed by atoms with van der Waals surface area (Å²) in [5.41, 5.74) is 15.5. The van der Waals surface area contributed by atoms with Gasteiger partial charge in [0.1, 0.15) is 0 Å². The highest BCUT2D eigenvalue weighted by molar-refractivity contribution is 7.26. The molecule has 0 N–H and O–H groups in total. The van der Waals surface area contributed by atoms with Crippen molar-refractivity contribution in [1.82, 2.24) is 0 Å². The Morgan fingerprint density at radius 2 is 1.05 bits per heavy atom. The molecule has 1 aromatic heterocycles. The van der Waals surface area contributed by atoms with Crippen LogP contribution in [0.5, 0.6) is 0 Å². The zero-order chi connectivity index (χ0) is 40.8. The second-order valence-electron chi connectivity index (χ2n) is 16.2. The molecule has 0 aliphatic heterocycles. The van der Waals surface area contributed by atoms with Crippen LogP contribution in [0.15, 0.2) is 242 Å². The van der Waals surface area contributed by atoms with Gasteiger partial charge < -0.3 is 4.90 Å². The van der Waals surface area contributed by atoms with E-state index in [1.54, 1.807) is 0 Å². The van der Waals surface area contributed by atoms with Gasteiger partial charge in [-0.1, -0.05) is 213 Å². The molecule has 8 aromatic carbocycles. The van der Waals surface area contributed by atoms with Crippen molar-refractivity contribution in [3.05, 3.63) is 253 Å². The van der Waals surface area contributed by atoms with Crippen molar-refractivity contribution in [2.45, 2.75) is 12.8 Å². The quantitative estimate of drug-likeness (QED) is 0.148. The molecule has 1 nitrogen and oxygen atoms in total. The largest absolute Gasteiger partial charge is 0.310 e. The van der Waals surface area contributed by atoms with Crippen molar-refractivity contribution >= 4 is 54.1 Å². The fourth-order valence-corrected chi connectivity index (χ4v) is 11.0. The van der Waals surface area contributed by atoms with Gasteiger partial charge in [0, 0.05) is 48.4 Å². The van der Waals surface area contributed by atoms with Crippen LogP contribution in [0, 0.1) is 5.41 Å². The van der Waals surface area contributed by atoms with Crippen LogP contribution < -0.4 is 4.90 Å². The van der Waals surface area contributed by atoms with Gasteiger partial charge in [-0.25, -0.2) is 0 Å². The molecule has 2 aliphatic rings. The van der Waals surface area contributed by atoms with E-state index in [0.717, 1.165) is 17.1 Å². The molecule has 2 heteroatoms. The van der Waals surface area contributed by atoms with Gasteiger partial charge >= 0.3 is 0 Å². The molecule has 0 fully saturated rings. The van der Waals surface area contributed by atoms with E-state index in [4.69, 9.17) is 0 Å². The highest BCUT2D eigenvalue weighted by Crippen LogP contribution is 2.58. The van der Waals surface area contributed by atoms with Gasteiger partial charge in [-0.05, 0) is 80.4 Å². The van der Waals surface area contributed by atoms with Crippen molar-refractivity contribution < 1.29 is 0 Å². The molecule has 0 radical (unpaired) electrons. The van der Waals surface area contributed by atoms with Gasteiger partial charge in [-0.3, -0.25) is 0 Å². The van der Waals surface area contributed by atoms with Crippen molar-refractivity contribution in [1.29, 1.82) is 0 Å². The van der Waals surface area contributed by atoms with Gasteiger partial charge in [0.05, 0.1) is 5.69 Å². The van der Waals surface area contributed by atoms with E-state index in [1.165, 1.54) is 75.8 Å². The van der Waals surface area contributed by atoms with Crippen molar-refractivity contribution in [3.8, 4) is 33.4 Å². The second kappa shape index (κ2) is 15.4. The van der Waals surface area contributed by atoms with Gasteiger partial charge in [0.2, 0.25) is 0 Å². The summed E-state index contributed by atoms with van der Waals surface area (Å²) in [5, 5.41) is 2.63. The first-order chi connectivity index (χ1) is 30.1. The number of hydrogen-bond acceptors (Lipinski definition) is 2. The lowest BCUT2D eigenvalue weighted by molar-refractivity contribution is 0.478. The van der Waals surface area contributed by atoms with Crippen molar-refractivity contribution in [3.63, 3.8) is 0 Å². The Morgan fingerprint density at radius 3 is 1.85 bits per heavy atom. The fourth-order valence-electron chi connectivity index (χ4n) is 9.73. The van der Waals surface area contributed by atoms with Crippen LogP contribution in [0.1, 0.15) is 24.0 Å². The molecule has 2 aliphatic carbocycles. The predicted molar refractivity (Wildman–Crippen MR) is 262 cm³/mol. The van der Waals surface area contributed by atoms with Crippen LogP contribution >= 0.6 is 11.3 Å². The maximum Gasteiger partial charge on any atom is 0.0540 e. The third-order valence-electron chi connectivity index (χ3n) is 12.8. The molecular formula is C59H43NS. The fraction of sp³-hybridized carbons (Fsp3) is 0.0508. The number of para-hydroxylation sites is 2. The number of anilines is 3. The Bertz CT molecular complexity index is 3180. The third kappa shape index (κ3) is 6.39. The van der Waals surface area contributed by atoms with E-state index in [9.17, 15) is 0 Å². The van der Waals surface area contributed by atoms with Crippen LogP contribution in [0.4, 0.5) is 17.1 Å². The van der Waals surface area contributed by atoms with E-state index in [-0.39, 0.29) is 11.3 Å². The Balaban J connectivity index is 1.08. The molecule has 2 unspecified atom stereocenters. The van der Waals surface area contributed by atoms with E-state index in [0.29, 0.717) is 0 Å². The Hall–Kier alpha value is -7.26. The monoisotopic (exact) mass is 797 g/mol. The number of hydrogen-bond donors (Lipinski definition) is 0. The number of nitrogens with zero attached hydrogens (tertiary/aromatic N) is 1. The molecule has 0 spiro atoms. The number of thiophene rings is 1. The summed E-state index contributed by atoms with van der Waals surface area (Å²) < 4.78 is 2.65. The summed E-state index contributed by atoms with van der Waals surface area (Å²) in [6, 6.07) is 73.3. The maximum absolute atomic E-state index is 2.50. The smallest absolute Gasteiger partial charge is 0.0540 e. The zero-order valence-electron chi connectivity index (χ0n) is 33.9. The lowest BCUT2D eigenvalue weighted by Gasteiger charge is -2.44. The highest BCUT2D eigenvalue weighted by Gasteiger charge is 2.43. The molecule has 0 saturated heterocycles. The maximum atomic E-state index is 2.50. The normalized spacial score (nSPS) is 16.9. The molecule has 0 amide bonds. The number of benzene rings is 8. The molecule has 290 valence electrons. The Kier molecular flexibility index (Phi) is 9.29. The molecule has 1 heterocycles. The standard InChI is InChI=1S/C59H43NS/c1-59-46(21-14-28-53(59)45-19-6-3-7-20-45)22-15-29-54(59)52-25-9-12-31-56(52)60(55-30-11-8-23-48(55)43-35-33-42(34-36-43)41-17-4-2-5-18-41)47-39-37-44(38-40-47)49-26-16-27-51-50-24-10-13-32-57(50)61-58(49)51/h2-40,54H,1H3. The predicted octanol–water partition coefficient (Wildman–Crippen LogP) is 16.8. The first-order valence-electron chi connectivity index (χ1n) is 21.1. The van der Waals surface area contributed by atoms with Crippen LogP contribution in [0.25, 0.3) is 59.1 Å². The number of fused-ring (bicyclic) bond motifs is 4. The molecule has 2 atom stereocenters. The lowest BCUT2D eigenvalue weighted by Crippen LogP contribution is -2.32. The van der Waals surface area contributed by atoms with E-state index < -0.39 is 0 Å². The van der Waals surface area contributed by atoms with E-state index in [1.807, 2.05) is 11.3 Å². The summed E-state index contributed by atoms with van der Waals surface area (Å²) in [5.74, 6) is 0.0600. The van der Waals surface area contributed by atoms with Gasteiger partial charge in [0.15, 0.2) is 0 Å². The van der Waals surface area contributed by atoms with Gasteiger partial charge in [0.25, 0.3) is 0 Å². The molecule has 0 bridgehead atoms. The minimum Gasteiger partial charge on any atom is -0.310 e. The number of rotatable bonds is 8. The van der Waals surface area contributed by atoms with Gasteiger partial charge in [-0.15, -0.1) is 11.3 Å². The van der Waals surface area contributed by atoms with E-state index in [2.05, 4.69) is 248 Å². The van der Waals surface area contributed by atoms with E-state index >= 15 is 0 Å². The SMILES string of the molecule is CC12C(=CC=CC1c1ccccc1N(c1ccc(-c3cccc4c3sc3ccccc34)cc1)c1ccccc1-c1ccc(-c3ccccc3)cc1)C=CC=C2c1ccccc1. The highest BCUT2D eigenvalue weighted by atomic mass is 32.1. The molecule has 61 heavy (non-hydrogen) atoms. The molecular weight excluding hydrogens is 755 g/mol. The summed E-state index contributed by atoms with van der Waals surface area (Å²) in [6.07, 6.45) is 13.8. The average Bonchev–Trinajstić information content (AvgIpc) is 3.72. The minimum atomic E-state index is -0.299. The second-order valence-corrected chi connectivity index (χ2v) is 17.2. The summed E-state index contributed by atoms with van der Waals surface area (Å²) >= 11 is 1.88. The van der Waals surface area contributed by atoms with Crippen LogP contribution in [-0.4, -0.2) is 0 Å². The zero-order valence-corrected chi connectivity index (χ0v) is 34.8. The van der Waals surface area contributed by atoms with Crippen LogP contribution in [0.3, 0.4) is 0 Å². The molecule has 11 rings (SSSR count). The number of allylic oxidation sites excluding steroid dienone is 8. The summed E-state index contributed by atoms with van der Waals surface area (Å²) in [7, 11) is 0. The minimum absolute atomic E-state index is 0.0600.